The van der Waals surface area contributed by atoms with Gasteiger partial charge in [-0.15, -0.1) is 0 Å². The molecule has 3 aliphatic heterocycles. The Morgan fingerprint density at radius 1 is 1.17 bits per heavy atom. The van der Waals surface area contributed by atoms with E-state index in [1.165, 1.54) is 0 Å². The Morgan fingerprint density at radius 2 is 1.91 bits per heavy atom. The Kier molecular flexibility index (Phi) is 4.71. The number of benzene rings is 1. The molecule has 4 amide bonds. The minimum atomic E-state index is -1.58. The lowest BCUT2D eigenvalue weighted by Gasteiger charge is -2.55. The van der Waals surface area contributed by atoms with Crippen LogP contribution >= 0.6 is 11.6 Å². The summed E-state index contributed by atoms with van der Waals surface area (Å²) in [6.07, 6.45) is 1.06. The second kappa shape index (κ2) is 7.50. The predicted octanol–water partition coefficient (Wildman–Crippen LogP) is 2.74. The molecule has 0 saturated carbocycles. The summed E-state index contributed by atoms with van der Waals surface area (Å²) in [5.41, 5.74) is 2.37. The molecule has 3 unspecified atom stereocenters. The summed E-state index contributed by atoms with van der Waals surface area (Å²) in [6.45, 7) is 6.03. The third-order valence-corrected chi connectivity index (χ3v) is 7.50. The monoisotopic (exact) mass is 495 g/mol. The Hall–Kier alpha value is -3.50. The number of hydrogen-bond acceptors (Lipinski definition) is 8. The van der Waals surface area contributed by atoms with Gasteiger partial charge in [-0.3, -0.25) is 25.2 Å². The molecule has 2 N–H and O–H groups in total. The van der Waals surface area contributed by atoms with E-state index in [2.05, 4.69) is 20.8 Å². The van der Waals surface area contributed by atoms with E-state index in [9.17, 15) is 14.4 Å². The Bertz CT molecular complexity index is 1400. The fourth-order valence-electron chi connectivity index (χ4n) is 5.76. The first-order chi connectivity index (χ1) is 16.7. The van der Waals surface area contributed by atoms with Crippen molar-refractivity contribution in [2.75, 3.05) is 11.4 Å². The SMILES string of the molecule is Cc1ccc(-c2noc3c(Cl)c4c(cc23)CC2(C(=O)NC(=O)NC2=O)C2C(C)OC(C)CN42)cn1. The predicted molar refractivity (Wildman–Crippen MR) is 126 cm³/mol. The topological polar surface area (TPSA) is 127 Å². The summed E-state index contributed by atoms with van der Waals surface area (Å²) in [5, 5.41) is 9.84. The van der Waals surface area contributed by atoms with Crippen molar-refractivity contribution in [3.8, 4) is 11.3 Å². The number of aromatic nitrogens is 2. The molecule has 2 fully saturated rings. The molecule has 2 aromatic heterocycles. The van der Waals surface area contributed by atoms with Crippen LogP contribution in [0.1, 0.15) is 25.1 Å². The van der Waals surface area contributed by atoms with Gasteiger partial charge in [0.15, 0.2) is 11.0 Å². The fraction of sp³-hybridized carbons (Fsp3) is 0.375. The number of rotatable bonds is 1. The zero-order valence-electron chi connectivity index (χ0n) is 19.2. The van der Waals surface area contributed by atoms with Crippen molar-refractivity contribution in [1.29, 1.82) is 0 Å². The van der Waals surface area contributed by atoms with Crippen molar-refractivity contribution in [3.63, 3.8) is 0 Å². The van der Waals surface area contributed by atoms with E-state index in [-0.39, 0.29) is 12.5 Å². The van der Waals surface area contributed by atoms with E-state index in [1.54, 1.807) is 6.20 Å². The van der Waals surface area contributed by atoms with Crippen LogP contribution in [0.25, 0.3) is 22.2 Å². The van der Waals surface area contributed by atoms with Gasteiger partial charge in [-0.1, -0.05) is 16.8 Å². The standard InChI is InChI=1S/C24H22ClN5O5/c1-10-4-5-13(8-26-10)17-15-6-14-7-24(21(31)27-23(33)28-22(24)32)20-12(3)34-11(2)9-30(20)18(14)16(25)19(15)35-29-17/h4-6,8,11-12,20H,7,9H2,1-3H3,(H2,27,28,31,32,33). The van der Waals surface area contributed by atoms with Crippen LogP contribution in [-0.2, 0) is 20.7 Å². The van der Waals surface area contributed by atoms with E-state index >= 15 is 0 Å². The average molecular weight is 496 g/mol. The number of carbonyl (C=O) groups excluding carboxylic acids is 3. The van der Waals surface area contributed by atoms with Crippen molar-refractivity contribution in [1.82, 2.24) is 20.8 Å². The van der Waals surface area contributed by atoms with E-state index in [0.717, 1.165) is 11.3 Å². The number of amides is 4. The van der Waals surface area contributed by atoms with Gasteiger partial charge in [-0.25, -0.2) is 4.79 Å². The quantitative estimate of drug-likeness (QED) is 0.493. The maximum absolute atomic E-state index is 13.4. The molecule has 10 nitrogen and oxygen atoms in total. The highest BCUT2D eigenvalue weighted by Crippen LogP contribution is 2.51. The zero-order valence-corrected chi connectivity index (χ0v) is 20.0. The number of hydrogen-bond donors (Lipinski definition) is 2. The third-order valence-electron chi connectivity index (χ3n) is 7.15. The Balaban J connectivity index is 1.59. The van der Waals surface area contributed by atoms with Crippen LogP contribution in [0.4, 0.5) is 10.5 Å². The number of pyridine rings is 1. The first-order valence-corrected chi connectivity index (χ1v) is 11.7. The van der Waals surface area contributed by atoms with Gasteiger partial charge in [-0.2, -0.15) is 0 Å². The minimum Gasteiger partial charge on any atom is -0.372 e. The third kappa shape index (κ3) is 3.02. The molecule has 0 bridgehead atoms. The number of ether oxygens (including phenoxy) is 1. The number of aryl methyl sites for hydroxylation is 1. The molecule has 2 saturated heterocycles. The van der Waals surface area contributed by atoms with Crippen molar-refractivity contribution in [2.24, 2.45) is 5.41 Å². The number of nitrogens with one attached hydrogen (secondary N) is 2. The highest BCUT2D eigenvalue weighted by atomic mass is 35.5. The van der Waals surface area contributed by atoms with Gasteiger partial charge in [0.2, 0.25) is 11.8 Å². The number of urea groups is 1. The smallest absolute Gasteiger partial charge is 0.328 e. The van der Waals surface area contributed by atoms with E-state index in [0.29, 0.717) is 39.5 Å². The number of barbiturate groups is 1. The average Bonchev–Trinajstić information content (AvgIpc) is 3.21. The first kappa shape index (κ1) is 22.0. The van der Waals surface area contributed by atoms with Gasteiger partial charge in [0.1, 0.15) is 10.7 Å². The Morgan fingerprint density at radius 3 is 2.60 bits per heavy atom. The van der Waals surface area contributed by atoms with Crippen LogP contribution in [0.3, 0.4) is 0 Å². The number of imide groups is 2. The molecule has 5 heterocycles. The van der Waals surface area contributed by atoms with Gasteiger partial charge in [0, 0.05) is 24.0 Å². The maximum Gasteiger partial charge on any atom is 0.328 e. The summed E-state index contributed by atoms with van der Waals surface area (Å²) < 4.78 is 11.7. The van der Waals surface area contributed by atoms with E-state index in [4.69, 9.17) is 20.9 Å². The van der Waals surface area contributed by atoms with Gasteiger partial charge in [0.05, 0.1) is 29.3 Å². The van der Waals surface area contributed by atoms with Gasteiger partial charge >= 0.3 is 6.03 Å². The molecule has 1 spiro atoms. The molecule has 1 aromatic carbocycles. The molecular formula is C24H22ClN5O5. The van der Waals surface area contributed by atoms with Crippen molar-refractivity contribution >= 4 is 46.1 Å². The van der Waals surface area contributed by atoms with E-state index < -0.39 is 35.4 Å². The summed E-state index contributed by atoms with van der Waals surface area (Å²) in [6, 6.07) is 4.12. The second-order valence-electron chi connectivity index (χ2n) is 9.43. The van der Waals surface area contributed by atoms with Crippen LogP contribution < -0.4 is 15.5 Å². The van der Waals surface area contributed by atoms with Crippen LogP contribution in [0.15, 0.2) is 28.9 Å². The molecular weight excluding hydrogens is 474 g/mol. The first-order valence-electron chi connectivity index (χ1n) is 11.3. The van der Waals surface area contributed by atoms with Gasteiger partial charge < -0.3 is 14.2 Å². The largest absolute Gasteiger partial charge is 0.372 e. The second-order valence-corrected chi connectivity index (χ2v) is 9.81. The van der Waals surface area contributed by atoms with Crippen LogP contribution in [-0.4, -0.2) is 52.8 Å². The van der Waals surface area contributed by atoms with Gasteiger partial charge in [-0.05, 0) is 51.0 Å². The molecule has 3 aromatic rings. The zero-order chi connectivity index (χ0) is 24.6. The molecule has 6 rings (SSSR count). The summed E-state index contributed by atoms with van der Waals surface area (Å²) >= 11 is 6.94. The Labute approximate surface area is 204 Å². The number of halogens is 1. The van der Waals surface area contributed by atoms with E-state index in [1.807, 2.05) is 43.9 Å². The molecule has 3 aliphatic rings. The summed E-state index contributed by atoms with van der Waals surface area (Å²) in [5.74, 6) is -1.30. The summed E-state index contributed by atoms with van der Waals surface area (Å²) in [4.78, 5) is 44.9. The molecule has 3 atom stereocenters. The lowest BCUT2D eigenvalue weighted by Crippen LogP contribution is -2.75. The normalized spacial score (nSPS) is 25.3. The highest BCUT2D eigenvalue weighted by Gasteiger charge is 2.63. The maximum atomic E-state index is 13.4. The number of anilines is 1. The number of carbonyl (C=O) groups is 3. The molecule has 11 heteroatoms. The number of nitrogens with zero attached hydrogens (tertiary/aromatic N) is 3. The minimum absolute atomic E-state index is 0.0307. The number of fused-ring (bicyclic) bond motifs is 5. The van der Waals surface area contributed by atoms with Crippen LogP contribution in [0, 0.1) is 12.3 Å². The molecule has 0 radical (unpaired) electrons. The fourth-order valence-corrected chi connectivity index (χ4v) is 6.13. The van der Waals surface area contributed by atoms with Crippen molar-refractivity contribution < 1.29 is 23.6 Å². The number of morpholine rings is 1. The van der Waals surface area contributed by atoms with Crippen LogP contribution in [0.2, 0.25) is 5.02 Å². The molecule has 180 valence electrons. The van der Waals surface area contributed by atoms with Gasteiger partial charge in [0.25, 0.3) is 0 Å². The molecule has 0 aliphatic carbocycles. The lowest BCUT2D eigenvalue weighted by atomic mass is 9.66. The van der Waals surface area contributed by atoms with Crippen LogP contribution in [0.5, 0.6) is 0 Å². The summed E-state index contributed by atoms with van der Waals surface area (Å²) in [7, 11) is 0. The van der Waals surface area contributed by atoms with Crippen molar-refractivity contribution in [2.45, 2.75) is 45.4 Å². The highest BCUT2D eigenvalue weighted by molar-refractivity contribution is 6.38. The lowest BCUT2D eigenvalue weighted by molar-refractivity contribution is -0.153. The van der Waals surface area contributed by atoms with Crippen molar-refractivity contribution in [3.05, 3.63) is 40.7 Å². The molecule has 35 heavy (non-hydrogen) atoms.